The fraction of sp³-hybridized carbons (Fsp3) is 0.444. The highest BCUT2D eigenvalue weighted by atomic mass is 19.1. The van der Waals surface area contributed by atoms with E-state index >= 15 is 0 Å². The number of hydrogen-bond donors (Lipinski definition) is 1. The molecule has 1 aliphatic carbocycles. The van der Waals surface area contributed by atoms with E-state index in [1.54, 1.807) is 0 Å². The summed E-state index contributed by atoms with van der Waals surface area (Å²) in [6.45, 7) is 4.57. The smallest absolute Gasteiger partial charge is 0.225 e. The molecule has 0 bridgehead atoms. The highest BCUT2D eigenvalue weighted by Crippen LogP contribution is 2.47. The van der Waals surface area contributed by atoms with E-state index in [0.29, 0.717) is 38.1 Å². The van der Waals surface area contributed by atoms with Crippen LogP contribution in [0.2, 0.25) is 0 Å². The lowest BCUT2D eigenvalue weighted by atomic mass is 10.0. The predicted molar refractivity (Wildman–Crippen MR) is 90.7 cm³/mol. The van der Waals surface area contributed by atoms with Crippen molar-refractivity contribution in [2.45, 2.75) is 25.3 Å². The second-order valence-corrected chi connectivity index (χ2v) is 6.54. The Balaban J connectivity index is 1.57. The Bertz CT molecular complexity index is 724. The number of nitrogens with zero attached hydrogens (tertiary/aromatic N) is 3. The zero-order valence-corrected chi connectivity index (χ0v) is 13.8. The SMILES string of the molecule is Cc1ccc(C2(Nc3ncc(F)c(N4CCOCC4)n3)CC2)cc1. The molecule has 6 heteroatoms. The zero-order chi connectivity index (χ0) is 16.6. The van der Waals surface area contributed by atoms with Crippen molar-refractivity contribution in [2.75, 3.05) is 36.5 Å². The molecule has 2 aliphatic rings. The van der Waals surface area contributed by atoms with Gasteiger partial charge in [-0.25, -0.2) is 9.37 Å². The Morgan fingerprint density at radius 3 is 2.54 bits per heavy atom. The summed E-state index contributed by atoms with van der Waals surface area (Å²) in [5.41, 5.74) is 2.35. The molecule has 0 unspecified atom stereocenters. The first-order chi connectivity index (χ1) is 11.7. The average Bonchev–Trinajstić information content (AvgIpc) is 3.39. The molecule has 2 heterocycles. The van der Waals surface area contributed by atoms with Gasteiger partial charge in [-0.3, -0.25) is 0 Å². The van der Waals surface area contributed by atoms with Crippen LogP contribution in [-0.4, -0.2) is 36.3 Å². The van der Waals surface area contributed by atoms with Gasteiger partial charge in [0.05, 0.1) is 24.9 Å². The summed E-state index contributed by atoms with van der Waals surface area (Å²) in [6.07, 6.45) is 3.32. The van der Waals surface area contributed by atoms with Crippen LogP contribution in [0.4, 0.5) is 16.2 Å². The van der Waals surface area contributed by atoms with Crippen LogP contribution in [0.3, 0.4) is 0 Å². The van der Waals surface area contributed by atoms with Crippen LogP contribution in [0.25, 0.3) is 0 Å². The van der Waals surface area contributed by atoms with Crippen LogP contribution in [0, 0.1) is 12.7 Å². The summed E-state index contributed by atoms with van der Waals surface area (Å²) in [5.74, 6) is 0.453. The van der Waals surface area contributed by atoms with E-state index in [9.17, 15) is 4.39 Å². The van der Waals surface area contributed by atoms with E-state index in [-0.39, 0.29) is 11.4 Å². The summed E-state index contributed by atoms with van der Waals surface area (Å²) < 4.78 is 19.5. The van der Waals surface area contributed by atoms with E-state index in [1.165, 1.54) is 17.3 Å². The molecular weight excluding hydrogens is 307 g/mol. The zero-order valence-electron chi connectivity index (χ0n) is 13.8. The highest BCUT2D eigenvalue weighted by Gasteiger charge is 2.45. The quantitative estimate of drug-likeness (QED) is 0.935. The molecule has 1 aromatic carbocycles. The first-order valence-corrected chi connectivity index (χ1v) is 8.37. The number of hydrogen-bond acceptors (Lipinski definition) is 5. The number of morpholine rings is 1. The molecule has 1 aromatic heterocycles. The standard InChI is InChI=1S/C18H21FN4O/c1-13-2-4-14(5-3-13)18(6-7-18)22-17-20-12-15(19)16(21-17)23-8-10-24-11-9-23/h2-5,12H,6-11H2,1H3,(H,20,21,22). The van der Waals surface area contributed by atoms with Crippen molar-refractivity contribution in [2.24, 2.45) is 0 Å². The molecule has 126 valence electrons. The van der Waals surface area contributed by atoms with Crippen LogP contribution in [-0.2, 0) is 10.3 Å². The van der Waals surface area contributed by atoms with E-state index < -0.39 is 0 Å². The summed E-state index contributed by atoms with van der Waals surface area (Å²) in [4.78, 5) is 10.5. The van der Waals surface area contributed by atoms with Crippen molar-refractivity contribution in [1.29, 1.82) is 0 Å². The third-order valence-electron chi connectivity index (χ3n) is 4.74. The van der Waals surface area contributed by atoms with Gasteiger partial charge >= 0.3 is 0 Å². The van der Waals surface area contributed by atoms with Gasteiger partial charge in [0.1, 0.15) is 0 Å². The van der Waals surface area contributed by atoms with Gasteiger partial charge in [-0.2, -0.15) is 4.98 Å². The Labute approximate surface area is 140 Å². The van der Waals surface area contributed by atoms with Crippen molar-refractivity contribution in [3.8, 4) is 0 Å². The summed E-state index contributed by atoms with van der Waals surface area (Å²) in [7, 11) is 0. The van der Waals surface area contributed by atoms with Gasteiger partial charge in [0.15, 0.2) is 11.6 Å². The number of aromatic nitrogens is 2. The van der Waals surface area contributed by atoms with Crippen molar-refractivity contribution in [3.05, 3.63) is 47.4 Å². The molecule has 1 N–H and O–H groups in total. The Hall–Kier alpha value is -2.21. The predicted octanol–water partition coefficient (Wildman–Crippen LogP) is 2.86. The lowest BCUT2D eigenvalue weighted by molar-refractivity contribution is 0.122. The first-order valence-electron chi connectivity index (χ1n) is 8.37. The van der Waals surface area contributed by atoms with Crippen molar-refractivity contribution >= 4 is 11.8 Å². The number of anilines is 2. The Morgan fingerprint density at radius 2 is 1.88 bits per heavy atom. The number of rotatable bonds is 4. The van der Waals surface area contributed by atoms with Crippen LogP contribution in [0.5, 0.6) is 0 Å². The second kappa shape index (κ2) is 6.02. The minimum absolute atomic E-state index is 0.117. The highest BCUT2D eigenvalue weighted by molar-refractivity contribution is 5.48. The van der Waals surface area contributed by atoms with Crippen molar-refractivity contribution < 1.29 is 9.13 Å². The molecule has 4 rings (SSSR count). The molecule has 0 spiro atoms. The van der Waals surface area contributed by atoms with Crippen LogP contribution in [0.15, 0.2) is 30.5 Å². The van der Waals surface area contributed by atoms with Gasteiger partial charge in [0.2, 0.25) is 5.95 Å². The maximum Gasteiger partial charge on any atom is 0.225 e. The molecular formula is C18H21FN4O. The molecule has 24 heavy (non-hydrogen) atoms. The topological polar surface area (TPSA) is 50.3 Å². The molecule has 1 aliphatic heterocycles. The number of aryl methyl sites for hydroxylation is 1. The third-order valence-corrected chi connectivity index (χ3v) is 4.74. The van der Waals surface area contributed by atoms with Gasteiger partial charge < -0.3 is 15.0 Å². The number of halogens is 1. The van der Waals surface area contributed by atoms with E-state index in [2.05, 4.69) is 46.5 Å². The van der Waals surface area contributed by atoms with Crippen LogP contribution in [0.1, 0.15) is 24.0 Å². The lowest BCUT2D eigenvalue weighted by Crippen LogP contribution is -2.37. The number of ether oxygens (including phenoxy) is 1. The molecule has 0 atom stereocenters. The fourth-order valence-corrected chi connectivity index (χ4v) is 3.11. The molecule has 0 radical (unpaired) electrons. The average molecular weight is 328 g/mol. The van der Waals surface area contributed by atoms with E-state index in [4.69, 9.17) is 4.74 Å². The molecule has 1 saturated carbocycles. The van der Waals surface area contributed by atoms with Gasteiger partial charge in [-0.1, -0.05) is 29.8 Å². The molecule has 0 amide bonds. The first kappa shape index (κ1) is 15.3. The van der Waals surface area contributed by atoms with Gasteiger partial charge in [-0.15, -0.1) is 0 Å². The summed E-state index contributed by atoms with van der Waals surface area (Å²) >= 11 is 0. The molecule has 2 aromatic rings. The number of benzene rings is 1. The van der Waals surface area contributed by atoms with Crippen LogP contribution >= 0.6 is 0 Å². The molecule has 2 fully saturated rings. The normalized spacial score (nSPS) is 19.2. The Kier molecular flexibility index (Phi) is 3.84. The van der Waals surface area contributed by atoms with Crippen LogP contribution < -0.4 is 10.2 Å². The largest absolute Gasteiger partial charge is 0.378 e. The second-order valence-electron chi connectivity index (χ2n) is 6.54. The monoisotopic (exact) mass is 328 g/mol. The van der Waals surface area contributed by atoms with E-state index in [1.807, 2.05) is 4.90 Å². The summed E-state index contributed by atoms with van der Waals surface area (Å²) in [6, 6.07) is 8.51. The van der Waals surface area contributed by atoms with Crippen molar-refractivity contribution in [1.82, 2.24) is 9.97 Å². The lowest BCUT2D eigenvalue weighted by Gasteiger charge is -2.28. The van der Waals surface area contributed by atoms with Gasteiger partial charge in [-0.05, 0) is 25.3 Å². The molecule has 5 nitrogen and oxygen atoms in total. The maximum absolute atomic E-state index is 14.1. The Morgan fingerprint density at radius 1 is 1.17 bits per heavy atom. The minimum atomic E-state index is -0.386. The maximum atomic E-state index is 14.1. The van der Waals surface area contributed by atoms with E-state index in [0.717, 1.165) is 12.8 Å². The third kappa shape index (κ3) is 2.94. The fourth-order valence-electron chi connectivity index (χ4n) is 3.11. The molecule has 1 saturated heterocycles. The number of nitrogens with one attached hydrogen (secondary N) is 1. The van der Waals surface area contributed by atoms with Crippen molar-refractivity contribution in [3.63, 3.8) is 0 Å². The summed E-state index contributed by atoms with van der Waals surface area (Å²) in [5, 5.41) is 3.43. The van der Waals surface area contributed by atoms with Gasteiger partial charge in [0, 0.05) is 13.1 Å². The minimum Gasteiger partial charge on any atom is -0.378 e. The van der Waals surface area contributed by atoms with Gasteiger partial charge in [0.25, 0.3) is 0 Å².